The summed E-state index contributed by atoms with van der Waals surface area (Å²) in [4.78, 5) is 0. The van der Waals surface area contributed by atoms with Gasteiger partial charge in [-0.05, 0) is 33.1 Å². The Balaban J connectivity index is 4.36. The van der Waals surface area contributed by atoms with Crippen LogP contribution in [-0.4, -0.2) is 11.0 Å². The monoisotopic (exact) mass is 187 g/mol. The van der Waals surface area contributed by atoms with Crippen LogP contribution in [0.5, 0.6) is 0 Å². The van der Waals surface area contributed by atoms with Crippen molar-refractivity contribution in [3.63, 3.8) is 0 Å². The van der Waals surface area contributed by atoms with Crippen molar-refractivity contribution in [2.75, 3.05) is 6.26 Å². The van der Waals surface area contributed by atoms with E-state index < -0.39 is 0 Å². The topological polar surface area (TPSA) is 35.2 Å². The maximum absolute atomic E-state index is 5.33. The molecule has 0 saturated heterocycles. The molecule has 0 heterocycles. The molecule has 0 radical (unpaired) electrons. The van der Waals surface area contributed by atoms with Crippen LogP contribution >= 0.6 is 11.8 Å². The molecule has 70 valence electrons. The highest BCUT2D eigenvalue weighted by Gasteiger charge is 2.22. The highest BCUT2D eigenvalue weighted by molar-refractivity contribution is 8.00. The molecule has 0 aliphatic carbocycles. The number of thioether (sulfide) groups is 1. The Kier molecular flexibility index (Phi) is 4.90. The number of nitrogens with two attached hydrogens (primary N) is 1. The van der Waals surface area contributed by atoms with E-state index >= 15 is 0 Å². The summed E-state index contributed by atoms with van der Waals surface area (Å²) >= 11 is 1.74. The maximum Gasteiger partial charge on any atom is 0.114 e. The molecule has 0 rings (SSSR count). The Morgan fingerprint density at radius 2 is 2.08 bits per heavy atom. The molecule has 0 aliphatic rings. The molecule has 0 fully saturated rings. The Morgan fingerprint density at radius 1 is 1.50 bits per heavy atom. The average molecular weight is 187 g/mol. The van der Waals surface area contributed by atoms with E-state index in [-0.39, 0.29) is 4.75 Å². The summed E-state index contributed by atoms with van der Waals surface area (Å²) in [6, 6.07) is 0. The Labute approximate surface area is 78.9 Å². The molecule has 0 atom stereocenters. The van der Waals surface area contributed by atoms with Crippen LogP contribution in [0.2, 0.25) is 0 Å². The lowest BCUT2D eigenvalue weighted by atomic mass is 10.1. The van der Waals surface area contributed by atoms with Gasteiger partial charge in [-0.2, -0.15) is 11.8 Å². The Hall–Kier alpha value is -0.570. The average Bonchev–Trinajstić information content (AvgIpc) is 2.05. The molecule has 0 bridgehead atoms. The molecule has 2 nitrogen and oxygen atoms in total. The number of ether oxygens (including phenoxy) is 1. The first-order chi connectivity index (χ1) is 5.58. The van der Waals surface area contributed by atoms with E-state index in [0.717, 1.165) is 5.76 Å². The zero-order chi connectivity index (χ0) is 9.61. The van der Waals surface area contributed by atoms with Crippen molar-refractivity contribution < 1.29 is 4.74 Å². The quantitative estimate of drug-likeness (QED) is 0.687. The van der Waals surface area contributed by atoms with Gasteiger partial charge in [-0.25, -0.2) is 0 Å². The van der Waals surface area contributed by atoms with Crippen molar-refractivity contribution in [2.24, 2.45) is 5.73 Å². The Morgan fingerprint density at radius 3 is 2.42 bits per heavy atom. The summed E-state index contributed by atoms with van der Waals surface area (Å²) in [5.41, 5.74) is 5.18. The zero-order valence-electron chi connectivity index (χ0n) is 8.13. The molecule has 0 aromatic rings. The minimum atomic E-state index is 0.00819. The third kappa shape index (κ3) is 3.22. The first kappa shape index (κ1) is 11.4. The van der Waals surface area contributed by atoms with Gasteiger partial charge in [0.1, 0.15) is 12.0 Å². The molecular formula is C9H17NOS. The maximum atomic E-state index is 5.33. The van der Waals surface area contributed by atoms with Crippen LogP contribution in [-0.2, 0) is 4.74 Å². The van der Waals surface area contributed by atoms with E-state index in [2.05, 4.69) is 20.1 Å². The van der Waals surface area contributed by atoms with Crippen LogP contribution in [0.15, 0.2) is 24.3 Å². The minimum Gasteiger partial charge on any atom is -0.467 e. The van der Waals surface area contributed by atoms with Crippen molar-refractivity contribution in [1.82, 2.24) is 0 Å². The molecule has 0 aliphatic heterocycles. The van der Waals surface area contributed by atoms with Crippen LogP contribution in [0.1, 0.15) is 20.8 Å². The lowest BCUT2D eigenvalue weighted by molar-refractivity contribution is 0.315. The molecule has 3 heteroatoms. The van der Waals surface area contributed by atoms with E-state index in [4.69, 9.17) is 10.5 Å². The van der Waals surface area contributed by atoms with Crippen molar-refractivity contribution in [3.8, 4) is 0 Å². The largest absolute Gasteiger partial charge is 0.467 e. The summed E-state index contributed by atoms with van der Waals surface area (Å²) in [6.07, 6.45) is 6.89. The first-order valence-corrected chi connectivity index (χ1v) is 5.06. The van der Waals surface area contributed by atoms with E-state index in [1.807, 2.05) is 13.0 Å². The van der Waals surface area contributed by atoms with E-state index in [0.29, 0.717) is 0 Å². The van der Waals surface area contributed by atoms with Gasteiger partial charge in [-0.15, -0.1) is 0 Å². The third-order valence-electron chi connectivity index (χ3n) is 1.64. The number of hydrogen-bond acceptors (Lipinski definition) is 3. The number of rotatable bonds is 4. The summed E-state index contributed by atoms with van der Waals surface area (Å²) in [5.74, 6) is 0.928. The van der Waals surface area contributed by atoms with Gasteiger partial charge in [0.2, 0.25) is 0 Å². The summed E-state index contributed by atoms with van der Waals surface area (Å²) < 4.78 is 5.34. The lowest BCUT2D eigenvalue weighted by Gasteiger charge is -2.23. The molecule has 2 N–H and O–H groups in total. The van der Waals surface area contributed by atoms with Gasteiger partial charge in [0, 0.05) is 6.20 Å². The zero-order valence-corrected chi connectivity index (χ0v) is 8.94. The number of allylic oxidation sites excluding steroid dienone is 1. The second kappa shape index (κ2) is 5.14. The molecular weight excluding hydrogens is 170 g/mol. The van der Waals surface area contributed by atoms with Crippen molar-refractivity contribution in [1.29, 1.82) is 0 Å². The fourth-order valence-corrected chi connectivity index (χ4v) is 1.14. The van der Waals surface area contributed by atoms with Crippen LogP contribution in [0.3, 0.4) is 0 Å². The van der Waals surface area contributed by atoms with E-state index in [1.165, 1.54) is 12.5 Å². The highest BCUT2D eigenvalue weighted by atomic mass is 32.2. The summed E-state index contributed by atoms with van der Waals surface area (Å²) in [6.45, 7) is 6.17. The lowest BCUT2D eigenvalue weighted by Crippen LogP contribution is -2.18. The molecule has 0 amide bonds. The molecule has 0 aromatic heterocycles. The van der Waals surface area contributed by atoms with E-state index in [1.54, 1.807) is 11.8 Å². The molecule has 0 aromatic carbocycles. The van der Waals surface area contributed by atoms with Crippen molar-refractivity contribution in [2.45, 2.75) is 25.5 Å². The molecule has 0 spiro atoms. The Bertz CT molecular complexity index is 185. The van der Waals surface area contributed by atoms with Gasteiger partial charge < -0.3 is 10.5 Å². The predicted molar refractivity (Wildman–Crippen MR) is 55.8 cm³/mol. The summed E-state index contributed by atoms with van der Waals surface area (Å²) in [5, 5.41) is 0. The van der Waals surface area contributed by atoms with Crippen molar-refractivity contribution >= 4 is 11.8 Å². The second-order valence-electron chi connectivity index (χ2n) is 2.81. The smallest absolute Gasteiger partial charge is 0.114 e. The minimum absolute atomic E-state index is 0.00819. The van der Waals surface area contributed by atoms with E-state index in [9.17, 15) is 0 Å². The van der Waals surface area contributed by atoms with Gasteiger partial charge in [-0.1, -0.05) is 0 Å². The predicted octanol–water partition coefficient (Wildman–Crippen LogP) is 2.48. The molecule has 0 unspecified atom stereocenters. The first-order valence-electron chi connectivity index (χ1n) is 3.83. The summed E-state index contributed by atoms with van der Waals surface area (Å²) in [7, 11) is 0. The van der Waals surface area contributed by atoms with Gasteiger partial charge in [0.15, 0.2) is 0 Å². The molecule has 12 heavy (non-hydrogen) atoms. The van der Waals surface area contributed by atoms with Crippen LogP contribution in [0.4, 0.5) is 0 Å². The number of hydrogen-bond donors (Lipinski definition) is 1. The van der Waals surface area contributed by atoms with Gasteiger partial charge in [0.25, 0.3) is 0 Å². The second-order valence-corrected chi connectivity index (χ2v) is 4.24. The normalized spacial score (nSPS) is 13.8. The fourth-order valence-electron chi connectivity index (χ4n) is 0.771. The van der Waals surface area contributed by atoms with Crippen LogP contribution < -0.4 is 5.73 Å². The van der Waals surface area contributed by atoms with Crippen molar-refractivity contribution in [3.05, 3.63) is 24.3 Å². The third-order valence-corrected chi connectivity index (χ3v) is 2.86. The van der Waals surface area contributed by atoms with Gasteiger partial charge in [0.05, 0.1) is 4.75 Å². The van der Waals surface area contributed by atoms with Gasteiger partial charge >= 0.3 is 0 Å². The highest BCUT2D eigenvalue weighted by Crippen LogP contribution is 2.30. The molecule has 0 saturated carbocycles. The fraction of sp³-hybridized carbons (Fsp3) is 0.556. The van der Waals surface area contributed by atoms with Crippen LogP contribution in [0.25, 0.3) is 0 Å². The SMILES string of the molecule is C/C=C(\O/C=C\N)C(C)(C)SC. The van der Waals surface area contributed by atoms with Crippen LogP contribution in [0, 0.1) is 0 Å². The standard InChI is InChI=1S/C9H17NOS/c1-5-8(11-7-6-10)9(2,3)12-4/h5-7H,10H2,1-4H3/b7-6-,8-5-. The van der Waals surface area contributed by atoms with Gasteiger partial charge in [-0.3, -0.25) is 0 Å².